The highest BCUT2D eigenvalue weighted by Crippen LogP contribution is 2.13. The molecule has 1 heterocycles. The Bertz CT molecular complexity index is 444. The summed E-state index contributed by atoms with van der Waals surface area (Å²) in [5.41, 5.74) is 0. The minimum absolute atomic E-state index is 0.0574. The lowest BCUT2D eigenvalue weighted by molar-refractivity contribution is -0.123. The lowest BCUT2D eigenvalue weighted by Gasteiger charge is -2.29. The van der Waals surface area contributed by atoms with Crippen molar-refractivity contribution in [3.8, 4) is 5.75 Å². The van der Waals surface area contributed by atoms with E-state index < -0.39 is 0 Å². The van der Waals surface area contributed by atoms with Gasteiger partial charge in [-0.05, 0) is 79.7 Å². The van der Waals surface area contributed by atoms with E-state index in [1.54, 1.807) is 0 Å². The Balaban J connectivity index is 1.67. The van der Waals surface area contributed by atoms with Gasteiger partial charge in [0.05, 0.1) is 0 Å². The molecule has 0 spiro atoms. The van der Waals surface area contributed by atoms with Gasteiger partial charge < -0.3 is 15.0 Å². The van der Waals surface area contributed by atoms with Crippen molar-refractivity contribution in [2.45, 2.75) is 32.2 Å². The fraction of sp³-hybridized carbons (Fsp3) is 0.562. The Morgan fingerprint density at radius 3 is 2.62 bits per heavy atom. The molecule has 1 atom stereocenters. The molecule has 0 saturated carbocycles. The molecule has 0 aromatic heterocycles. The molecule has 2 rings (SSSR count). The molecule has 1 unspecified atom stereocenters. The first-order valence-corrected chi connectivity index (χ1v) is 8.61. The van der Waals surface area contributed by atoms with Crippen LogP contribution in [0.3, 0.4) is 0 Å². The van der Waals surface area contributed by atoms with Crippen LogP contribution in [0.25, 0.3) is 0 Å². The first-order chi connectivity index (χ1) is 10.1. The molecule has 4 nitrogen and oxygen atoms in total. The number of hydrogen-bond acceptors (Lipinski definition) is 3. The van der Waals surface area contributed by atoms with Gasteiger partial charge in [0.25, 0.3) is 5.91 Å². The number of nitrogens with zero attached hydrogens (tertiary/aromatic N) is 1. The molecule has 0 bridgehead atoms. The molecule has 116 valence electrons. The molecule has 1 aromatic carbocycles. The second kappa shape index (κ2) is 8.58. The maximum absolute atomic E-state index is 11.9. The van der Waals surface area contributed by atoms with Crippen molar-refractivity contribution < 1.29 is 9.53 Å². The number of carbonyl (C=O) groups excluding carboxylic acids is 1. The van der Waals surface area contributed by atoms with Crippen molar-refractivity contribution in [1.29, 1.82) is 0 Å². The second-order valence-electron chi connectivity index (χ2n) is 5.57. The summed E-state index contributed by atoms with van der Waals surface area (Å²) in [6.45, 7) is 5.36. The fourth-order valence-electron chi connectivity index (χ4n) is 2.57. The Morgan fingerprint density at radius 1 is 1.29 bits per heavy atom. The minimum Gasteiger partial charge on any atom is -0.484 e. The molecule has 0 radical (unpaired) electrons. The van der Waals surface area contributed by atoms with Crippen LogP contribution in [0.2, 0.25) is 0 Å². The van der Waals surface area contributed by atoms with Crippen LogP contribution in [0.1, 0.15) is 26.2 Å². The van der Waals surface area contributed by atoms with Gasteiger partial charge in [-0.25, -0.2) is 0 Å². The van der Waals surface area contributed by atoms with Gasteiger partial charge in [-0.2, -0.15) is 0 Å². The summed E-state index contributed by atoms with van der Waals surface area (Å²) in [6, 6.07) is 7.86. The number of likely N-dealkylation sites (tertiary alicyclic amines) is 1. The highest BCUT2D eigenvalue weighted by Gasteiger charge is 2.15. The number of nitrogens with one attached hydrogen (secondary N) is 1. The highest BCUT2D eigenvalue weighted by molar-refractivity contribution is 14.1. The number of hydrogen-bond donors (Lipinski definition) is 1. The quantitative estimate of drug-likeness (QED) is 0.745. The summed E-state index contributed by atoms with van der Waals surface area (Å²) >= 11 is 2.24. The number of benzene rings is 1. The molecule has 5 heteroatoms. The van der Waals surface area contributed by atoms with Gasteiger partial charge >= 0.3 is 0 Å². The van der Waals surface area contributed by atoms with Gasteiger partial charge in [-0.1, -0.05) is 6.42 Å². The molecule has 1 aliphatic heterocycles. The Kier molecular flexibility index (Phi) is 6.76. The third kappa shape index (κ3) is 6.22. The van der Waals surface area contributed by atoms with Crippen LogP contribution in [0, 0.1) is 3.57 Å². The Hall–Kier alpha value is -0.820. The predicted molar refractivity (Wildman–Crippen MR) is 92.5 cm³/mol. The van der Waals surface area contributed by atoms with E-state index in [0.29, 0.717) is 0 Å². The summed E-state index contributed by atoms with van der Waals surface area (Å²) < 4.78 is 6.64. The molecule has 1 N–H and O–H groups in total. The summed E-state index contributed by atoms with van der Waals surface area (Å²) in [5, 5.41) is 3.00. The maximum Gasteiger partial charge on any atom is 0.258 e. The smallest absolute Gasteiger partial charge is 0.258 e. The van der Waals surface area contributed by atoms with Crippen LogP contribution in [0.4, 0.5) is 0 Å². The highest BCUT2D eigenvalue weighted by atomic mass is 127. The van der Waals surface area contributed by atoms with E-state index in [9.17, 15) is 4.79 Å². The SMILES string of the molecule is CC(CN1CCCCC1)NC(=O)COc1ccc(I)cc1. The lowest BCUT2D eigenvalue weighted by Crippen LogP contribution is -2.45. The van der Waals surface area contributed by atoms with E-state index in [4.69, 9.17) is 4.74 Å². The zero-order chi connectivity index (χ0) is 15.1. The molecular formula is C16H23IN2O2. The van der Waals surface area contributed by atoms with Crippen molar-refractivity contribution >= 4 is 28.5 Å². The molecule has 1 saturated heterocycles. The first kappa shape index (κ1) is 16.5. The van der Waals surface area contributed by atoms with Gasteiger partial charge in [0.1, 0.15) is 5.75 Å². The average molecular weight is 402 g/mol. The number of ether oxygens (including phenoxy) is 1. The normalized spacial score (nSPS) is 17.2. The number of carbonyl (C=O) groups is 1. The van der Waals surface area contributed by atoms with Gasteiger partial charge in [0, 0.05) is 16.2 Å². The van der Waals surface area contributed by atoms with Crippen molar-refractivity contribution in [3.63, 3.8) is 0 Å². The first-order valence-electron chi connectivity index (χ1n) is 7.53. The van der Waals surface area contributed by atoms with Crippen molar-refractivity contribution in [2.24, 2.45) is 0 Å². The Morgan fingerprint density at radius 2 is 1.95 bits per heavy atom. The predicted octanol–water partition coefficient (Wildman–Crippen LogP) is 2.66. The van der Waals surface area contributed by atoms with E-state index >= 15 is 0 Å². The van der Waals surface area contributed by atoms with E-state index in [1.165, 1.54) is 19.3 Å². The van der Waals surface area contributed by atoms with Crippen LogP contribution >= 0.6 is 22.6 Å². The molecule has 1 aromatic rings. The van der Waals surface area contributed by atoms with Crippen LogP contribution in [-0.2, 0) is 4.79 Å². The summed E-state index contributed by atoms with van der Waals surface area (Å²) in [5.74, 6) is 0.673. The van der Waals surface area contributed by atoms with Gasteiger partial charge in [0.2, 0.25) is 0 Å². The standard InChI is InChI=1S/C16H23IN2O2/c1-13(11-19-9-3-2-4-10-19)18-16(20)12-21-15-7-5-14(17)6-8-15/h5-8,13H,2-4,9-12H2,1H3,(H,18,20). The van der Waals surface area contributed by atoms with E-state index in [0.717, 1.165) is 29.0 Å². The zero-order valence-corrected chi connectivity index (χ0v) is 14.6. The second-order valence-corrected chi connectivity index (χ2v) is 6.82. The Labute approximate surface area is 140 Å². The number of halogens is 1. The average Bonchev–Trinajstić information content (AvgIpc) is 2.47. The lowest BCUT2D eigenvalue weighted by atomic mass is 10.1. The summed E-state index contributed by atoms with van der Waals surface area (Å²) in [6.07, 6.45) is 3.88. The zero-order valence-electron chi connectivity index (χ0n) is 12.5. The third-order valence-electron chi connectivity index (χ3n) is 3.57. The van der Waals surface area contributed by atoms with Crippen molar-refractivity contribution in [1.82, 2.24) is 10.2 Å². The van der Waals surface area contributed by atoms with Crippen LogP contribution in [-0.4, -0.2) is 43.1 Å². The molecular weight excluding hydrogens is 379 g/mol. The molecule has 1 amide bonds. The van der Waals surface area contributed by atoms with Gasteiger partial charge in [0.15, 0.2) is 6.61 Å². The molecule has 1 fully saturated rings. The minimum atomic E-state index is -0.0574. The van der Waals surface area contributed by atoms with Crippen LogP contribution in [0.15, 0.2) is 24.3 Å². The fourth-order valence-corrected chi connectivity index (χ4v) is 2.93. The summed E-state index contributed by atoms with van der Waals surface area (Å²) in [7, 11) is 0. The van der Waals surface area contributed by atoms with E-state index in [2.05, 4.69) is 39.7 Å². The van der Waals surface area contributed by atoms with Crippen LogP contribution in [0.5, 0.6) is 5.75 Å². The number of rotatable bonds is 6. The monoisotopic (exact) mass is 402 g/mol. The molecule has 1 aliphatic rings. The van der Waals surface area contributed by atoms with E-state index in [-0.39, 0.29) is 18.6 Å². The van der Waals surface area contributed by atoms with E-state index in [1.807, 2.05) is 24.3 Å². The third-order valence-corrected chi connectivity index (χ3v) is 4.29. The molecule has 21 heavy (non-hydrogen) atoms. The van der Waals surface area contributed by atoms with Crippen LogP contribution < -0.4 is 10.1 Å². The topological polar surface area (TPSA) is 41.6 Å². The van der Waals surface area contributed by atoms with Crippen molar-refractivity contribution in [2.75, 3.05) is 26.2 Å². The van der Waals surface area contributed by atoms with Gasteiger partial charge in [-0.3, -0.25) is 4.79 Å². The van der Waals surface area contributed by atoms with Crippen molar-refractivity contribution in [3.05, 3.63) is 27.8 Å². The number of amides is 1. The summed E-state index contributed by atoms with van der Waals surface area (Å²) in [4.78, 5) is 14.3. The number of piperidine rings is 1. The van der Waals surface area contributed by atoms with Gasteiger partial charge in [-0.15, -0.1) is 0 Å². The maximum atomic E-state index is 11.9. The molecule has 0 aliphatic carbocycles. The largest absolute Gasteiger partial charge is 0.484 e.